The number of likely N-dealkylation sites (tertiary alicyclic amines) is 1. The molecule has 8 nitrogen and oxygen atoms in total. The molecule has 1 aromatic heterocycles. The van der Waals surface area contributed by atoms with Crippen LogP contribution >= 0.6 is 0 Å². The minimum atomic E-state index is -3.67. The molecule has 1 N–H and O–H groups in total. The third kappa shape index (κ3) is 4.83. The molecule has 0 saturated carbocycles. The van der Waals surface area contributed by atoms with E-state index in [9.17, 15) is 18.0 Å². The lowest BCUT2D eigenvalue weighted by Crippen LogP contribution is -2.38. The van der Waals surface area contributed by atoms with Crippen molar-refractivity contribution in [1.29, 1.82) is 0 Å². The molecule has 9 heteroatoms. The van der Waals surface area contributed by atoms with Crippen LogP contribution in [0.5, 0.6) is 0 Å². The fraction of sp³-hybridized carbons (Fsp3) is 0.455. The highest BCUT2D eigenvalue weighted by Crippen LogP contribution is 2.27. The number of carbonyl (C=O) groups is 2. The molecule has 0 radical (unpaired) electrons. The van der Waals surface area contributed by atoms with Crippen molar-refractivity contribution >= 4 is 27.5 Å². The number of benzene rings is 1. The van der Waals surface area contributed by atoms with Gasteiger partial charge in [0.05, 0.1) is 23.7 Å². The van der Waals surface area contributed by atoms with Gasteiger partial charge < -0.3 is 9.73 Å². The molecule has 0 unspecified atom stereocenters. The molecular formula is C22H27N3O5S. The van der Waals surface area contributed by atoms with Crippen LogP contribution in [-0.2, 0) is 14.8 Å². The second kappa shape index (κ2) is 9.23. The lowest BCUT2D eigenvalue weighted by molar-refractivity contribution is -0.116. The van der Waals surface area contributed by atoms with Gasteiger partial charge in [0.25, 0.3) is 5.91 Å². The van der Waals surface area contributed by atoms with Gasteiger partial charge >= 0.3 is 0 Å². The largest absolute Gasteiger partial charge is 0.468 e. The van der Waals surface area contributed by atoms with Crippen molar-refractivity contribution in [3.05, 3.63) is 54.0 Å². The summed E-state index contributed by atoms with van der Waals surface area (Å²) in [6.45, 7) is 2.27. The van der Waals surface area contributed by atoms with Gasteiger partial charge in [-0.3, -0.25) is 14.5 Å². The number of sulfonamides is 1. The number of carbonyl (C=O) groups excluding carboxylic acids is 2. The van der Waals surface area contributed by atoms with Crippen LogP contribution in [0.1, 0.15) is 54.3 Å². The number of hydrogen-bond acceptors (Lipinski definition) is 6. The van der Waals surface area contributed by atoms with Gasteiger partial charge in [0.15, 0.2) is 0 Å². The van der Waals surface area contributed by atoms with E-state index >= 15 is 0 Å². The number of anilines is 1. The van der Waals surface area contributed by atoms with Crippen molar-refractivity contribution in [3.63, 3.8) is 0 Å². The van der Waals surface area contributed by atoms with E-state index < -0.39 is 15.9 Å². The minimum absolute atomic E-state index is 0.0422. The van der Waals surface area contributed by atoms with Gasteiger partial charge in [0.2, 0.25) is 15.9 Å². The zero-order valence-electron chi connectivity index (χ0n) is 17.3. The van der Waals surface area contributed by atoms with Crippen LogP contribution in [0.4, 0.5) is 5.69 Å². The molecule has 2 aromatic rings. The molecule has 0 bridgehead atoms. The molecule has 1 aromatic carbocycles. The Kier molecular flexibility index (Phi) is 6.43. The lowest BCUT2D eigenvalue weighted by atomic mass is 10.1. The fourth-order valence-electron chi connectivity index (χ4n) is 4.23. The molecule has 166 valence electrons. The third-order valence-corrected chi connectivity index (χ3v) is 7.52. The average Bonchev–Trinajstić information content (AvgIpc) is 3.27. The van der Waals surface area contributed by atoms with E-state index in [1.807, 2.05) is 12.1 Å². The topological polar surface area (TPSA) is 99.9 Å². The summed E-state index contributed by atoms with van der Waals surface area (Å²) in [5, 5.41) is 2.96. The number of nitrogens with one attached hydrogen (secondary N) is 1. The number of amides is 2. The highest BCUT2D eigenvalue weighted by Gasteiger charge is 2.36. The zero-order chi connectivity index (χ0) is 21.8. The van der Waals surface area contributed by atoms with Crippen LogP contribution < -0.4 is 9.62 Å². The molecule has 3 heterocycles. The normalized spacial score (nSPS) is 20.4. The maximum absolute atomic E-state index is 12.9. The van der Waals surface area contributed by atoms with E-state index in [0.29, 0.717) is 12.1 Å². The van der Waals surface area contributed by atoms with Crippen LogP contribution in [0.15, 0.2) is 47.1 Å². The summed E-state index contributed by atoms with van der Waals surface area (Å²) >= 11 is 0. The summed E-state index contributed by atoms with van der Waals surface area (Å²) in [6, 6.07) is 9.88. The van der Waals surface area contributed by atoms with Gasteiger partial charge in [-0.25, -0.2) is 12.7 Å². The van der Waals surface area contributed by atoms with Crippen LogP contribution in [0.25, 0.3) is 0 Å². The summed E-state index contributed by atoms with van der Waals surface area (Å²) in [7, 11) is -3.67. The Morgan fingerprint density at radius 3 is 2.52 bits per heavy atom. The molecule has 1 atom stereocenters. The van der Waals surface area contributed by atoms with Crippen LogP contribution in [-0.4, -0.2) is 50.5 Å². The Balaban J connectivity index is 1.49. The van der Waals surface area contributed by atoms with Crippen molar-refractivity contribution in [2.45, 2.75) is 38.1 Å². The molecular weight excluding hydrogens is 418 g/mol. The third-order valence-electron chi connectivity index (χ3n) is 5.83. The maximum atomic E-state index is 12.9. The second-order valence-electron chi connectivity index (χ2n) is 7.97. The van der Waals surface area contributed by atoms with E-state index in [1.165, 1.54) is 25.0 Å². The number of rotatable bonds is 6. The predicted octanol–water partition coefficient (Wildman–Crippen LogP) is 2.69. The fourth-order valence-corrected chi connectivity index (χ4v) is 5.68. The molecule has 2 fully saturated rings. The van der Waals surface area contributed by atoms with E-state index in [2.05, 4.69) is 10.2 Å². The van der Waals surface area contributed by atoms with E-state index in [1.54, 1.807) is 18.4 Å². The Morgan fingerprint density at radius 2 is 1.87 bits per heavy atom. The first-order valence-electron chi connectivity index (χ1n) is 10.7. The number of nitrogens with zero attached hydrogens (tertiary/aromatic N) is 2. The second-order valence-corrected chi connectivity index (χ2v) is 9.90. The Labute approximate surface area is 182 Å². The van der Waals surface area contributed by atoms with Crippen molar-refractivity contribution in [2.75, 3.05) is 29.7 Å². The Bertz CT molecular complexity index is 1030. The van der Waals surface area contributed by atoms with Gasteiger partial charge in [-0.2, -0.15) is 0 Å². The van der Waals surface area contributed by atoms with Gasteiger partial charge in [-0.15, -0.1) is 0 Å². The molecule has 2 aliphatic heterocycles. The van der Waals surface area contributed by atoms with Crippen molar-refractivity contribution < 1.29 is 22.4 Å². The van der Waals surface area contributed by atoms with E-state index in [0.717, 1.165) is 36.0 Å². The monoisotopic (exact) mass is 445 g/mol. The molecule has 2 amide bonds. The first-order valence-corrected chi connectivity index (χ1v) is 12.3. The molecule has 2 aliphatic rings. The molecule has 2 saturated heterocycles. The Hall–Kier alpha value is -2.65. The van der Waals surface area contributed by atoms with Crippen LogP contribution in [0, 0.1) is 0 Å². The van der Waals surface area contributed by atoms with Gasteiger partial charge in [0, 0.05) is 18.5 Å². The summed E-state index contributed by atoms with van der Waals surface area (Å²) in [4.78, 5) is 27.3. The van der Waals surface area contributed by atoms with Crippen LogP contribution in [0.2, 0.25) is 0 Å². The van der Waals surface area contributed by atoms with Gasteiger partial charge in [-0.05, 0) is 56.3 Å². The van der Waals surface area contributed by atoms with E-state index in [-0.39, 0.29) is 29.8 Å². The first-order chi connectivity index (χ1) is 15.0. The van der Waals surface area contributed by atoms with Crippen molar-refractivity contribution in [1.82, 2.24) is 10.2 Å². The molecule has 31 heavy (non-hydrogen) atoms. The molecule has 4 rings (SSSR count). The van der Waals surface area contributed by atoms with Crippen molar-refractivity contribution in [2.24, 2.45) is 0 Å². The Morgan fingerprint density at radius 1 is 1.10 bits per heavy atom. The SMILES string of the molecule is O=C(NC[C@H](c1ccco1)N1CCCCCC1)c1cccc(N2C(=O)CCS2(=O)=O)c1. The smallest absolute Gasteiger partial charge is 0.251 e. The lowest BCUT2D eigenvalue weighted by Gasteiger charge is -2.29. The number of furan rings is 1. The quantitative estimate of drug-likeness (QED) is 0.734. The highest BCUT2D eigenvalue weighted by molar-refractivity contribution is 7.94. The molecule has 0 spiro atoms. The van der Waals surface area contributed by atoms with Crippen LogP contribution in [0.3, 0.4) is 0 Å². The highest BCUT2D eigenvalue weighted by atomic mass is 32.2. The average molecular weight is 446 g/mol. The molecule has 0 aliphatic carbocycles. The minimum Gasteiger partial charge on any atom is -0.468 e. The summed E-state index contributed by atoms with van der Waals surface area (Å²) in [5.41, 5.74) is 0.506. The summed E-state index contributed by atoms with van der Waals surface area (Å²) in [5.74, 6) is -0.193. The summed E-state index contributed by atoms with van der Waals surface area (Å²) in [6.07, 6.45) is 6.24. The first kappa shape index (κ1) is 21.6. The standard InChI is InChI=1S/C22H27N3O5S/c26-21-10-14-31(28,29)25(21)18-8-5-7-17(15-18)22(27)23-16-19(20-9-6-13-30-20)24-11-3-1-2-4-12-24/h5-9,13,15,19H,1-4,10-12,14,16H2,(H,23,27)/t19-/m1/s1. The predicted molar refractivity (Wildman–Crippen MR) is 116 cm³/mol. The maximum Gasteiger partial charge on any atom is 0.251 e. The zero-order valence-corrected chi connectivity index (χ0v) is 18.1. The van der Waals surface area contributed by atoms with Crippen molar-refractivity contribution in [3.8, 4) is 0 Å². The van der Waals surface area contributed by atoms with Gasteiger partial charge in [0.1, 0.15) is 5.76 Å². The number of hydrogen-bond donors (Lipinski definition) is 1. The summed E-state index contributed by atoms with van der Waals surface area (Å²) < 4.78 is 30.8. The van der Waals surface area contributed by atoms with E-state index in [4.69, 9.17) is 4.42 Å². The van der Waals surface area contributed by atoms with Gasteiger partial charge in [-0.1, -0.05) is 18.9 Å².